The first kappa shape index (κ1) is 15.1. The maximum atomic E-state index is 12.4. The predicted molar refractivity (Wildman–Crippen MR) is 85.2 cm³/mol. The molecule has 0 bridgehead atoms. The van der Waals surface area contributed by atoms with E-state index < -0.39 is 10.0 Å². The smallest absolute Gasteiger partial charge is 0.243 e. The molecular formula is C15H20N4O2S. The molecule has 2 aromatic rings. The van der Waals surface area contributed by atoms with E-state index in [1.54, 1.807) is 29.0 Å². The lowest BCUT2D eigenvalue weighted by Crippen LogP contribution is -2.27. The second-order valence-electron chi connectivity index (χ2n) is 5.36. The van der Waals surface area contributed by atoms with Gasteiger partial charge in [-0.25, -0.2) is 13.4 Å². The lowest BCUT2D eigenvalue weighted by Gasteiger charge is -2.15. The summed E-state index contributed by atoms with van der Waals surface area (Å²) in [5.74, 6) is 0. The second-order valence-corrected chi connectivity index (χ2v) is 7.30. The Morgan fingerprint density at radius 3 is 2.50 bits per heavy atom. The van der Waals surface area contributed by atoms with Gasteiger partial charge in [0.05, 0.1) is 11.2 Å². The molecule has 1 N–H and O–H groups in total. The van der Waals surface area contributed by atoms with Gasteiger partial charge in [0.25, 0.3) is 0 Å². The molecule has 118 valence electrons. The number of anilines is 1. The Balaban J connectivity index is 1.60. The zero-order valence-corrected chi connectivity index (χ0v) is 13.2. The van der Waals surface area contributed by atoms with E-state index in [9.17, 15) is 8.42 Å². The van der Waals surface area contributed by atoms with Crippen molar-refractivity contribution in [1.29, 1.82) is 0 Å². The molecule has 0 spiro atoms. The van der Waals surface area contributed by atoms with Crippen LogP contribution in [0.2, 0.25) is 0 Å². The van der Waals surface area contributed by atoms with E-state index in [-0.39, 0.29) is 0 Å². The highest BCUT2D eigenvalue weighted by Gasteiger charge is 2.26. The molecule has 0 saturated carbocycles. The highest BCUT2D eigenvalue weighted by atomic mass is 32.2. The van der Waals surface area contributed by atoms with E-state index in [1.165, 1.54) is 0 Å². The molecule has 0 unspecified atom stereocenters. The zero-order valence-electron chi connectivity index (χ0n) is 12.4. The van der Waals surface area contributed by atoms with Crippen molar-refractivity contribution < 1.29 is 8.42 Å². The van der Waals surface area contributed by atoms with Gasteiger partial charge < -0.3 is 9.88 Å². The largest absolute Gasteiger partial charge is 0.383 e. The van der Waals surface area contributed by atoms with Crippen molar-refractivity contribution in [2.45, 2.75) is 24.3 Å². The zero-order chi connectivity index (χ0) is 15.4. The van der Waals surface area contributed by atoms with Crippen molar-refractivity contribution in [3.05, 3.63) is 43.0 Å². The predicted octanol–water partition coefficient (Wildman–Crippen LogP) is 1.78. The van der Waals surface area contributed by atoms with Crippen LogP contribution >= 0.6 is 0 Å². The van der Waals surface area contributed by atoms with Gasteiger partial charge in [0, 0.05) is 44.3 Å². The lowest BCUT2D eigenvalue weighted by atomic mass is 10.3. The summed E-state index contributed by atoms with van der Waals surface area (Å²) in [6.07, 6.45) is 7.33. The van der Waals surface area contributed by atoms with Gasteiger partial charge in [-0.3, -0.25) is 0 Å². The molecule has 1 saturated heterocycles. The van der Waals surface area contributed by atoms with Crippen LogP contribution in [0.5, 0.6) is 0 Å². The molecule has 7 heteroatoms. The number of benzene rings is 1. The maximum absolute atomic E-state index is 12.4. The first-order valence-electron chi connectivity index (χ1n) is 7.46. The number of nitrogens with zero attached hydrogens (tertiary/aromatic N) is 3. The van der Waals surface area contributed by atoms with Crippen LogP contribution in [-0.2, 0) is 16.6 Å². The van der Waals surface area contributed by atoms with E-state index in [2.05, 4.69) is 10.3 Å². The van der Waals surface area contributed by atoms with Crippen LogP contribution in [0.4, 0.5) is 5.69 Å². The SMILES string of the molecule is O=S(=O)(c1ccc(NCCn2ccnc2)cc1)N1CCCC1. The summed E-state index contributed by atoms with van der Waals surface area (Å²) in [5, 5.41) is 3.27. The number of imidazole rings is 1. The molecule has 0 atom stereocenters. The highest BCUT2D eigenvalue weighted by Crippen LogP contribution is 2.22. The summed E-state index contributed by atoms with van der Waals surface area (Å²) >= 11 is 0. The quantitative estimate of drug-likeness (QED) is 0.881. The second kappa shape index (κ2) is 6.50. The molecule has 1 fully saturated rings. The highest BCUT2D eigenvalue weighted by molar-refractivity contribution is 7.89. The van der Waals surface area contributed by atoms with Crippen molar-refractivity contribution >= 4 is 15.7 Å². The molecule has 0 aliphatic carbocycles. The molecule has 1 aliphatic rings. The standard InChI is InChI=1S/C15H20N4O2S/c20-22(21,19-9-1-2-10-19)15-5-3-14(4-6-15)17-8-12-18-11-7-16-13-18/h3-7,11,13,17H,1-2,8-10,12H2. The van der Waals surface area contributed by atoms with E-state index in [0.29, 0.717) is 18.0 Å². The van der Waals surface area contributed by atoms with Gasteiger partial charge in [-0.2, -0.15) is 4.31 Å². The number of nitrogens with one attached hydrogen (secondary N) is 1. The van der Waals surface area contributed by atoms with Crippen molar-refractivity contribution in [3.63, 3.8) is 0 Å². The van der Waals surface area contributed by atoms with Crippen LogP contribution in [0.15, 0.2) is 47.9 Å². The number of sulfonamides is 1. The lowest BCUT2D eigenvalue weighted by molar-refractivity contribution is 0.477. The van der Waals surface area contributed by atoms with E-state index in [1.807, 2.05) is 22.9 Å². The maximum Gasteiger partial charge on any atom is 0.243 e. The fourth-order valence-corrected chi connectivity index (χ4v) is 4.09. The summed E-state index contributed by atoms with van der Waals surface area (Å²) < 4.78 is 28.4. The van der Waals surface area contributed by atoms with Gasteiger partial charge in [-0.05, 0) is 37.1 Å². The third kappa shape index (κ3) is 3.31. The molecule has 0 amide bonds. The van der Waals surface area contributed by atoms with Gasteiger partial charge in [-0.15, -0.1) is 0 Å². The third-order valence-corrected chi connectivity index (χ3v) is 5.73. The van der Waals surface area contributed by atoms with Gasteiger partial charge in [-0.1, -0.05) is 0 Å². The fourth-order valence-electron chi connectivity index (χ4n) is 2.57. The summed E-state index contributed by atoms with van der Waals surface area (Å²) in [6.45, 7) is 2.84. The van der Waals surface area contributed by atoms with Crippen LogP contribution in [-0.4, -0.2) is 41.9 Å². The van der Waals surface area contributed by atoms with Crippen LogP contribution in [0.25, 0.3) is 0 Å². The summed E-state index contributed by atoms with van der Waals surface area (Å²) in [4.78, 5) is 4.36. The topological polar surface area (TPSA) is 67.2 Å². The number of aromatic nitrogens is 2. The Kier molecular flexibility index (Phi) is 4.44. The molecule has 1 aliphatic heterocycles. The average molecular weight is 320 g/mol. The minimum Gasteiger partial charge on any atom is -0.383 e. The van der Waals surface area contributed by atoms with Crippen molar-refractivity contribution in [2.75, 3.05) is 25.0 Å². The van der Waals surface area contributed by atoms with Gasteiger partial charge in [0.1, 0.15) is 0 Å². The van der Waals surface area contributed by atoms with Crippen LogP contribution in [0.3, 0.4) is 0 Å². The number of rotatable bonds is 6. The number of hydrogen-bond donors (Lipinski definition) is 1. The van der Waals surface area contributed by atoms with Gasteiger partial charge in [0.15, 0.2) is 0 Å². The third-order valence-electron chi connectivity index (χ3n) is 3.82. The van der Waals surface area contributed by atoms with Crippen LogP contribution in [0, 0.1) is 0 Å². The summed E-state index contributed by atoms with van der Waals surface area (Å²) in [6, 6.07) is 6.98. The Morgan fingerprint density at radius 1 is 1.14 bits per heavy atom. The molecule has 6 nitrogen and oxygen atoms in total. The Hall–Kier alpha value is -1.86. The molecular weight excluding hydrogens is 300 g/mol. The Labute approximate surface area is 130 Å². The number of hydrogen-bond acceptors (Lipinski definition) is 4. The Bertz CT molecular complexity index is 690. The average Bonchev–Trinajstić information content (AvgIpc) is 3.21. The fraction of sp³-hybridized carbons (Fsp3) is 0.400. The van der Waals surface area contributed by atoms with Gasteiger partial charge >= 0.3 is 0 Å². The molecule has 22 heavy (non-hydrogen) atoms. The van der Waals surface area contributed by atoms with Crippen LogP contribution in [0.1, 0.15) is 12.8 Å². The van der Waals surface area contributed by atoms with Gasteiger partial charge in [0.2, 0.25) is 10.0 Å². The van der Waals surface area contributed by atoms with Crippen molar-refractivity contribution in [3.8, 4) is 0 Å². The summed E-state index contributed by atoms with van der Waals surface area (Å²) in [7, 11) is -3.32. The van der Waals surface area contributed by atoms with Crippen molar-refractivity contribution in [2.24, 2.45) is 0 Å². The Morgan fingerprint density at radius 2 is 1.86 bits per heavy atom. The molecule has 1 aromatic heterocycles. The molecule has 1 aromatic carbocycles. The molecule has 2 heterocycles. The van der Waals surface area contributed by atoms with Crippen LogP contribution < -0.4 is 5.32 Å². The minimum absolute atomic E-state index is 0.370. The summed E-state index contributed by atoms with van der Waals surface area (Å²) in [5.41, 5.74) is 0.917. The van der Waals surface area contributed by atoms with E-state index in [0.717, 1.165) is 31.6 Å². The first-order valence-corrected chi connectivity index (χ1v) is 8.90. The first-order chi connectivity index (χ1) is 10.7. The molecule has 0 radical (unpaired) electrons. The monoisotopic (exact) mass is 320 g/mol. The van der Waals surface area contributed by atoms with E-state index >= 15 is 0 Å². The van der Waals surface area contributed by atoms with Crippen molar-refractivity contribution in [1.82, 2.24) is 13.9 Å². The minimum atomic E-state index is -3.32. The normalized spacial score (nSPS) is 16.0. The van der Waals surface area contributed by atoms with E-state index in [4.69, 9.17) is 0 Å². The molecule has 3 rings (SSSR count).